The van der Waals surface area contributed by atoms with E-state index < -0.39 is 11.9 Å². The van der Waals surface area contributed by atoms with Crippen molar-refractivity contribution in [2.45, 2.75) is 46.1 Å². The van der Waals surface area contributed by atoms with Crippen molar-refractivity contribution in [2.24, 2.45) is 17.8 Å². The Hall–Kier alpha value is -0.710. The molecule has 0 aromatic heterocycles. The van der Waals surface area contributed by atoms with Crippen LogP contribution in [-0.4, -0.2) is 34.5 Å². The van der Waals surface area contributed by atoms with Crippen molar-refractivity contribution in [3.63, 3.8) is 0 Å². The standard InChI is InChI=1S/C14H25NO3S/c1-4-19-6-5-10(3)15-13(16)11-7-9(2)8-12(11)14(17)18/h9-12H,4-8H2,1-3H3,(H,15,16)(H,17,18)/t9?,10?,11-,12+/m0/s1. The number of hydrogen-bond donors (Lipinski definition) is 2. The van der Waals surface area contributed by atoms with E-state index in [-0.39, 0.29) is 17.9 Å². The quantitative estimate of drug-likeness (QED) is 0.706. The van der Waals surface area contributed by atoms with E-state index in [9.17, 15) is 14.7 Å². The van der Waals surface area contributed by atoms with Gasteiger partial charge in [0.25, 0.3) is 0 Å². The van der Waals surface area contributed by atoms with Crippen molar-refractivity contribution < 1.29 is 14.7 Å². The molecule has 0 aliphatic heterocycles. The van der Waals surface area contributed by atoms with E-state index in [1.807, 2.05) is 25.6 Å². The lowest BCUT2D eigenvalue weighted by Gasteiger charge is -2.19. The molecular weight excluding hydrogens is 262 g/mol. The number of rotatable bonds is 7. The average molecular weight is 287 g/mol. The Bertz CT molecular complexity index is 322. The maximum atomic E-state index is 12.2. The number of carbonyl (C=O) groups is 2. The normalized spacial score (nSPS) is 28.1. The molecule has 1 aliphatic carbocycles. The van der Waals surface area contributed by atoms with Crippen molar-refractivity contribution in [3.05, 3.63) is 0 Å². The molecule has 1 amide bonds. The molecule has 0 spiro atoms. The second-order valence-electron chi connectivity index (χ2n) is 5.52. The zero-order chi connectivity index (χ0) is 14.4. The van der Waals surface area contributed by atoms with E-state index in [0.29, 0.717) is 18.8 Å². The van der Waals surface area contributed by atoms with Crippen LogP contribution in [0.15, 0.2) is 0 Å². The highest BCUT2D eigenvalue weighted by Crippen LogP contribution is 2.36. The van der Waals surface area contributed by atoms with Gasteiger partial charge in [-0.3, -0.25) is 9.59 Å². The third kappa shape index (κ3) is 5.05. The van der Waals surface area contributed by atoms with Gasteiger partial charge in [-0.05, 0) is 43.6 Å². The summed E-state index contributed by atoms with van der Waals surface area (Å²) in [5.74, 6) is 0.664. The third-order valence-electron chi connectivity index (χ3n) is 3.74. The molecule has 5 heteroatoms. The largest absolute Gasteiger partial charge is 0.481 e. The summed E-state index contributed by atoms with van der Waals surface area (Å²) in [6.45, 7) is 6.12. The molecule has 0 saturated heterocycles. The van der Waals surface area contributed by atoms with Crippen LogP contribution in [0.4, 0.5) is 0 Å². The fourth-order valence-corrected chi connectivity index (χ4v) is 3.49. The number of carboxylic acids is 1. The average Bonchev–Trinajstić information content (AvgIpc) is 2.72. The number of hydrogen-bond acceptors (Lipinski definition) is 3. The molecule has 0 radical (unpaired) electrons. The molecule has 2 unspecified atom stereocenters. The number of thioether (sulfide) groups is 1. The molecule has 0 bridgehead atoms. The Kier molecular flexibility index (Phi) is 6.69. The van der Waals surface area contributed by atoms with Crippen LogP contribution in [0.2, 0.25) is 0 Å². The van der Waals surface area contributed by atoms with Gasteiger partial charge in [-0.1, -0.05) is 13.8 Å². The molecular formula is C14H25NO3S. The summed E-state index contributed by atoms with van der Waals surface area (Å²) in [7, 11) is 0. The first kappa shape index (κ1) is 16.3. The molecule has 4 nitrogen and oxygen atoms in total. The minimum absolute atomic E-state index is 0.0780. The first-order chi connectivity index (χ1) is 8.95. The van der Waals surface area contributed by atoms with Crippen molar-refractivity contribution >= 4 is 23.6 Å². The summed E-state index contributed by atoms with van der Waals surface area (Å²) in [5.41, 5.74) is 0. The van der Waals surface area contributed by atoms with E-state index in [0.717, 1.165) is 17.9 Å². The summed E-state index contributed by atoms with van der Waals surface area (Å²) >= 11 is 1.86. The van der Waals surface area contributed by atoms with Crippen LogP contribution < -0.4 is 5.32 Å². The van der Waals surface area contributed by atoms with Gasteiger partial charge in [0, 0.05) is 6.04 Å². The predicted octanol–water partition coefficient (Wildman–Crippen LogP) is 2.38. The Labute approximate surface area is 119 Å². The highest BCUT2D eigenvalue weighted by atomic mass is 32.2. The Balaban J connectivity index is 2.45. The minimum atomic E-state index is -0.835. The van der Waals surface area contributed by atoms with Gasteiger partial charge < -0.3 is 10.4 Å². The highest BCUT2D eigenvalue weighted by molar-refractivity contribution is 7.99. The molecule has 1 aliphatic rings. The molecule has 1 rings (SSSR count). The minimum Gasteiger partial charge on any atom is -0.481 e. The zero-order valence-electron chi connectivity index (χ0n) is 12.0. The van der Waals surface area contributed by atoms with Crippen LogP contribution in [0.1, 0.15) is 40.0 Å². The number of amides is 1. The first-order valence-electron chi connectivity index (χ1n) is 7.06. The molecule has 0 heterocycles. The molecule has 0 aromatic rings. The van der Waals surface area contributed by atoms with Crippen LogP contribution in [0.3, 0.4) is 0 Å². The van der Waals surface area contributed by atoms with Crippen molar-refractivity contribution in [3.8, 4) is 0 Å². The van der Waals surface area contributed by atoms with Crippen molar-refractivity contribution in [1.29, 1.82) is 0 Å². The van der Waals surface area contributed by atoms with Gasteiger partial charge in [0.15, 0.2) is 0 Å². The summed E-state index contributed by atoms with van der Waals surface area (Å²) in [5, 5.41) is 12.1. The van der Waals surface area contributed by atoms with Gasteiger partial charge in [0.1, 0.15) is 0 Å². The molecule has 4 atom stereocenters. The van der Waals surface area contributed by atoms with Crippen LogP contribution in [0.5, 0.6) is 0 Å². The topological polar surface area (TPSA) is 66.4 Å². The maximum absolute atomic E-state index is 12.2. The second-order valence-corrected chi connectivity index (χ2v) is 6.92. The molecule has 2 N–H and O–H groups in total. The molecule has 1 fully saturated rings. The molecule has 1 saturated carbocycles. The van der Waals surface area contributed by atoms with Gasteiger partial charge in [0.05, 0.1) is 11.8 Å². The molecule has 19 heavy (non-hydrogen) atoms. The van der Waals surface area contributed by atoms with Gasteiger partial charge in [-0.2, -0.15) is 11.8 Å². The lowest BCUT2D eigenvalue weighted by molar-refractivity contribution is -0.146. The predicted molar refractivity (Wildman–Crippen MR) is 78.2 cm³/mol. The summed E-state index contributed by atoms with van der Waals surface area (Å²) in [6, 6.07) is 0.122. The van der Waals surface area contributed by atoms with Crippen LogP contribution in [0.25, 0.3) is 0 Å². The summed E-state index contributed by atoms with van der Waals surface area (Å²) in [6.07, 6.45) is 2.25. The second kappa shape index (κ2) is 7.78. The monoisotopic (exact) mass is 287 g/mol. The van der Waals surface area contributed by atoms with Gasteiger partial charge in [0.2, 0.25) is 5.91 Å². The molecule has 0 aromatic carbocycles. The Morgan fingerprint density at radius 3 is 2.58 bits per heavy atom. The van der Waals surface area contributed by atoms with Gasteiger partial charge in [-0.15, -0.1) is 0 Å². The number of carbonyl (C=O) groups excluding carboxylic acids is 1. The van der Waals surface area contributed by atoms with E-state index in [1.165, 1.54) is 0 Å². The lowest BCUT2D eigenvalue weighted by atomic mass is 9.95. The maximum Gasteiger partial charge on any atom is 0.307 e. The van der Waals surface area contributed by atoms with Gasteiger partial charge >= 0.3 is 5.97 Å². The Morgan fingerprint density at radius 2 is 2.00 bits per heavy atom. The summed E-state index contributed by atoms with van der Waals surface area (Å²) < 4.78 is 0. The van der Waals surface area contributed by atoms with Crippen LogP contribution in [0, 0.1) is 17.8 Å². The fourth-order valence-electron chi connectivity index (χ4n) is 2.68. The lowest BCUT2D eigenvalue weighted by Crippen LogP contribution is -2.40. The first-order valence-corrected chi connectivity index (χ1v) is 8.22. The Morgan fingerprint density at radius 1 is 1.37 bits per heavy atom. The van der Waals surface area contributed by atoms with Crippen LogP contribution in [-0.2, 0) is 9.59 Å². The SMILES string of the molecule is CCSCCC(C)NC(=O)[C@H]1CC(C)C[C@H]1C(=O)O. The van der Waals surface area contributed by atoms with E-state index in [2.05, 4.69) is 12.2 Å². The highest BCUT2D eigenvalue weighted by Gasteiger charge is 2.41. The zero-order valence-corrected chi connectivity index (χ0v) is 12.8. The van der Waals surface area contributed by atoms with E-state index in [4.69, 9.17) is 0 Å². The number of nitrogens with one attached hydrogen (secondary N) is 1. The third-order valence-corrected chi connectivity index (χ3v) is 4.67. The number of carboxylic acid groups (broad SMARTS) is 1. The van der Waals surface area contributed by atoms with Gasteiger partial charge in [-0.25, -0.2) is 0 Å². The van der Waals surface area contributed by atoms with E-state index >= 15 is 0 Å². The van der Waals surface area contributed by atoms with Crippen molar-refractivity contribution in [1.82, 2.24) is 5.32 Å². The smallest absolute Gasteiger partial charge is 0.307 e. The van der Waals surface area contributed by atoms with E-state index in [1.54, 1.807) is 0 Å². The summed E-state index contributed by atoms with van der Waals surface area (Å²) in [4.78, 5) is 23.3. The number of aliphatic carboxylic acids is 1. The van der Waals surface area contributed by atoms with Crippen LogP contribution >= 0.6 is 11.8 Å². The van der Waals surface area contributed by atoms with Crippen molar-refractivity contribution in [2.75, 3.05) is 11.5 Å². The fraction of sp³-hybridized carbons (Fsp3) is 0.857. The molecule has 110 valence electrons.